The van der Waals surface area contributed by atoms with Crippen LogP contribution in [0, 0.1) is 38.0 Å². The van der Waals surface area contributed by atoms with Gasteiger partial charge in [0.2, 0.25) is 0 Å². The van der Waals surface area contributed by atoms with Gasteiger partial charge in [0.15, 0.2) is 8.46 Å². The maximum absolute atomic E-state index is 13.5. The van der Waals surface area contributed by atoms with Crippen LogP contribution in [0.2, 0.25) is 0 Å². The van der Waals surface area contributed by atoms with Crippen LogP contribution in [-0.2, 0) is 17.7 Å². The number of piperidine rings is 1. The molecule has 2 aliphatic heterocycles. The molecule has 2 aliphatic rings. The maximum atomic E-state index is 13.5. The minimum Gasteiger partial charge on any atom is -0.367 e. The Morgan fingerprint density at radius 3 is 2.41 bits per heavy atom. The summed E-state index contributed by atoms with van der Waals surface area (Å²) in [5, 5.41) is 18.1. The number of aryl methyl sites for hydroxylation is 3. The first-order chi connectivity index (χ1) is 24.3. The lowest BCUT2D eigenvalue weighted by atomic mass is 9.93. The van der Waals surface area contributed by atoms with Gasteiger partial charge in [-0.1, -0.05) is 25.5 Å². The van der Waals surface area contributed by atoms with Crippen molar-refractivity contribution in [2.24, 2.45) is 5.92 Å². The molecule has 2 N–H and O–H groups in total. The van der Waals surface area contributed by atoms with Crippen molar-refractivity contribution in [2.45, 2.75) is 98.6 Å². The first kappa shape index (κ1) is 40.4. The average Bonchev–Trinajstić information content (AvgIpc) is 3.45. The van der Waals surface area contributed by atoms with E-state index >= 15 is 0 Å². The monoisotopic (exact) mass is 726 g/mol. The molecule has 3 aromatic rings. The SMILES string of the molecule is CCC(C)/C(=C\c1c(C)nc(C)nc1NC1CCN(Cc2ccc3c(cc(C#N)n3CC(C)N3CCNCC3)c2C)CC1)CC(F)(F)F.CP=O. The lowest BCUT2D eigenvalue weighted by Crippen LogP contribution is -2.48. The highest BCUT2D eigenvalue weighted by molar-refractivity contribution is 7.22. The van der Waals surface area contributed by atoms with Gasteiger partial charge in [-0.25, -0.2) is 9.97 Å². The fraction of sp³-hybridized carbons (Fsp3) is 0.605. The van der Waals surface area contributed by atoms with E-state index in [0.717, 1.165) is 76.1 Å². The number of allylic oxidation sites excluding steroid dienone is 1. The van der Waals surface area contributed by atoms with E-state index in [0.29, 0.717) is 46.6 Å². The van der Waals surface area contributed by atoms with Crippen LogP contribution in [0.25, 0.3) is 17.0 Å². The van der Waals surface area contributed by atoms with E-state index < -0.39 is 12.6 Å². The molecule has 0 radical (unpaired) electrons. The van der Waals surface area contributed by atoms with Gasteiger partial charge < -0.3 is 15.2 Å². The highest BCUT2D eigenvalue weighted by Crippen LogP contribution is 2.34. The van der Waals surface area contributed by atoms with Crippen LogP contribution in [0.5, 0.6) is 0 Å². The Kier molecular flexibility index (Phi) is 14.6. The quantitative estimate of drug-likeness (QED) is 0.193. The number of rotatable bonds is 11. The van der Waals surface area contributed by atoms with Crippen LogP contribution in [0.4, 0.5) is 19.0 Å². The molecule has 2 aromatic heterocycles. The van der Waals surface area contributed by atoms with Crippen LogP contribution in [0.3, 0.4) is 0 Å². The van der Waals surface area contributed by atoms with Gasteiger partial charge in [0.05, 0.1) is 12.1 Å². The number of piperazine rings is 1. The van der Waals surface area contributed by atoms with Crippen molar-refractivity contribution >= 4 is 31.3 Å². The molecule has 1 aromatic carbocycles. The normalized spacial score (nSPS) is 17.9. The van der Waals surface area contributed by atoms with E-state index in [-0.39, 0.29) is 20.4 Å². The predicted octanol–water partition coefficient (Wildman–Crippen LogP) is 7.89. The van der Waals surface area contributed by atoms with Crippen molar-refractivity contribution in [2.75, 3.05) is 51.3 Å². The van der Waals surface area contributed by atoms with Crippen molar-refractivity contribution in [1.29, 1.82) is 5.26 Å². The Morgan fingerprint density at radius 2 is 1.80 bits per heavy atom. The number of alkyl halides is 3. The lowest BCUT2D eigenvalue weighted by Gasteiger charge is -2.33. The minimum atomic E-state index is -4.27. The Bertz CT molecular complexity index is 1700. The molecule has 13 heteroatoms. The van der Waals surface area contributed by atoms with Gasteiger partial charge in [0.25, 0.3) is 0 Å². The van der Waals surface area contributed by atoms with Crippen molar-refractivity contribution < 1.29 is 17.7 Å². The number of nitrogens with one attached hydrogen (secondary N) is 2. The third kappa shape index (κ3) is 10.8. The Hall–Kier alpha value is -3.36. The van der Waals surface area contributed by atoms with Crippen LogP contribution >= 0.6 is 8.46 Å². The topological polar surface area (TPSA) is 102 Å². The first-order valence-corrected chi connectivity index (χ1v) is 19.3. The second kappa shape index (κ2) is 18.4. The van der Waals surface area contributed by atoms with Gasteiger partial charge in [0, 0.05) is 87.6 Å². The first-order valence-electron chi connectivity index (χ1n) is 18.1. The summed E-state index contributed by atoms with van der Waals surface area (Å²) < 4.78 is 51.5. The molecular formula is C38H54F3N8OP. The van der Waals surface area contributed by atoms with Gasteiger partial charge in [-0.2, -0.15) is 18.4 Å². The summed E-state index contributed by atoms with van der Waals surface area (Å²) in [6, 6.07) is 9.38. The van der Waals surface area contributed by atoms with Gasteiger partial charge in [-0.3, -0.25) is 14.4 Å². The molecule has 2 fully saturated rings. The molecule has 0 saturated carbocycles. The van der Waals surface area contributed by atoms with Gasteiger partial charge in [0.1, 0.15) is 23.4 Å². The number of likely N-dealkylation sites (tertiary alicyclic amines) is 1. The highest BCUT2D eigenvalue weighted by Gasteiger charge is 2.31. The average molecular weight is 727 g/mol. The molecule has 0 spiro atoms. The summed E-state index contributed by atoms with van der Waals surface area (Å²) in [6.45, 7) is 20.8. The highest BCUT2D eigenvalue weighted by atomic mass is 31.1. The van der Waals surface area contributed by atoms with E-state index in [1.54, 1.807) is 12.7 Å². The number of hydrogen-bond acceptors (Lipinski definition) is 8. The number of aromatic nitrogens is 3. The molecule has 0 amide bonds. The number of fused-ring (bicyclic) bond motifs is 1. The molecule has 51 heavy (non-hydrogen) atoms. The van der Waals surface area contributed by atoms with Crippen molar-refractivity contribution in [1.82, 2.24) is 29.7 Å². The molecule has 2 unspecified atom stereocenters. The molecule has 0 bridgehead atoms. The molecule has 4 heterocycles. The molecule has 0 aliphatic carbocycles. The number of nitrogens with zero attached hydrogens (tertiary/aromatic N) is 6. The largest absolute Gasteiger partial charge is 0.392 e. The number of halogens is 3. The van der Waals surface area contributed by atoms with Crippen molar-refractivity contribution in [3.63, 3.8) is 0 Å². The van der Waals surface area contributed by atoms with E-state index in [1.807, 2.05) is 33.8 Å². The summed E-state index contributed by atoms with van der Waals surface area (Å²) in [6.07, 6.45) is -1.12. The maximum Gasteiger partial charge on any atom is 0.392 e. The molecule has 2 atom stereocenters. The number of nitriles is 1. The van der Waals surface area contributed by atoms with Crippen LogP contribution < -0.4 is 10.6 Å². The fourth-order valence-corrected chi connectivity index (χ4v) is 7.20. The lowest BCUT2D eigenvalue weighted by molar-refractivity contribution is -0.128. The van der Waals surface area contributed by atoms with Crippen LogP contribution in [0.15, 0.2) is 23.8 Å². The van der Waals surface area contributed by atoms with Crippen molar-refractivity contribution in [3.05, 3.63) is 57.7 Å². The Labute approximate surface area is 302 Å². The summed E-state index contributed by atoms with van der Waals surface area (Å²) in [5.74, 6) is 1.02. The van der Waals surface area contributed by atoms with Crippen molar-refractivity contribution in [3.8, 4) is 6.07 Å². The number of benzene rings is 1. The zero-order valence-electron chi connectivity index (χ0n) is 31.2. The molecule has 2 saturated heterocycles. The fourth-order valence-electron chi connectivity index (χ4n) is 7.20. The third-order valence-corrected chi connectivity index (χ3v) is 10.4. The predicted molar refractivity (Wildman–Crippen MR) is 200 cm³/mol. The van der Waals surface area contributed by atoms with E-state index in [1.165, 1.54) is 11.1 Å². The van der Waals surface area contributed by atoms with E-state index in [4.69, 9.17) is 4.57 Å². The zero-order chi connectivity index (χ0) is 37.3. The van der Waals surface area contributed by atoms with Crippen LogP contribution in [-0.4, -0.2) is 88.5 Å². The Morgan fingerprint density at radius 1 is 1.14 bits per heavy atom. The van der Waals surface area contributed by atoms with Gasteiger partial charge in [-0.15, -0.1) is 0 Å². The molecule has 9 nitrogen and oxygen atoms in total. The molecule has 278 valence electrons. The van der Waals surface area contributed by atoms with Crippen LogP contribution in [0.1, 0.15) is 80.4 Å². The second-order valence-corrected chi connectivity index (χ2v) is 14.4. The summed E-state index contributed by atoms with van der Waals surface area (Å²) >= 11 is 0. The minimum absolute atomic E-state index is 0.158. The molecule has 5 rings (SSSR count). The number of anilines is 1. The summed E-state index contributed by atoms with van der Waals surface area (Å²) in [4.78, 5) is 14.1. The van der Waals surface area contributed by atoms with E-state index in [9.17, 15) is 18.4 Å². The zero-order valence-corrected chi connectivity index (χ0v) is 32.1. The third-order valence-electron chi connectivity index (χ3n) is 10.4. The smallest absolute Gasteiger partial charge is 0.367 e. The summed E-state index contributed by atoms with van der Waals surface area (Å²) in [7, 11) is 0.167. The second-order valence-electron chi connectivity index (χ2n) is 14.0. The van der Waals surface area contributed by atoms with Gasteiger partial charge >= 0.3 is 6.18 Å². The molecular weight excluding hydrogens is 672 g/mol. The summed E-state index contributed by atoms with van der Waals surface area (Å²) in [5.41, 5.74) is 6.00. The Balaban J connectivity index is 0.00000188. The standard InChI is InChI=1S/C37H51F3N8.CH3OP/c1-7-24(2)30(20-37(38,39)40)18-34-27(5)43-28(6)44-36(34)45-31-10-14-46(15-11-31)23-29-8-9-35-33(26(29)4)19-32(21-41)48(35)22-25(3)47-16-12-42-13-17-47;1-3-2/h8-9,18-19,24-25,31,42H,7,10-17,20,22-23H2,1-6H3,(H,43,44,45);1H3/b30-18-;. The van der Waals surface area contributed by atoms with E-state index in [2.05, 4.69) is 67.0 Å². The van der Waals surface area contributed by atoms with Gasteiger partial charge in [-0.05, 0) is 82.2 Å². The number of hydrogen-bond donors (Lipinski definition) is 2.